The van der Waals surface area contributed by atoms with Crippen LogP contribution in [-0.4, -0.2) is 4.57 Å². The van der Waals surface area contributed by atoms with Crippen LogP contribution in [0.1, 0.15) is 11.1 Å². The third kappa shape index (κ3) is 4.13. The maximum absolute atomic E-state index is 6.14. The van der Waals surface area contributed by atoms with Crippen molar-refractivity contribution in [3.8, 4) is 27.9 Å². The molecule has 0 saturated heterocycles. The Hall–Kier alpha value is -6.06. The minimum atomic E-state index is 0.823. The summed E-state index contributed by atoms with van der Waals surface area (Å²) >= 11 is 0. The maximum atomic E-state index is 6.14. The number of aromatic nitrogens is 1. The van der Waals surface area contributed by atoms with Crippen molar-refractivity contribution in [3.63, 3.8) is 0 Å². The lowest BCUT2D eigenvalue weighted by Crippen LogP contribution is -2.20. The molecule has 0 unspecified atom stereocenters. The summed E-state index contributed by atoms with van der Waals surface area (Å²) in [5, 5.41) is 4.86. The van der Waals surface area contributed by atoms with Gasteiger partial charge in [-0.15, -0.1) is 0 Å². The predicted molar refractivity (Wildman–Crippen MR) is 195 cm³/mol. The lowest BCUT2D eigenvalue weighted by atomic mass is 9.92. The molecule has 0 saturated carbocycles. The van der Waals surface area contributed by atoms with E-state index in [0.29, 0.717) is 0 Å². The van der Waals surface area contributed by atoms with Gasteiger partial charge < -0.3 is 13.9 Å². The number of para-hydroxylation sites is 4. The molecule has 0 bridgehead atoms. The van der Waals surface area contributed by atoms with Crippen molar-refractivity contribution < 1.29 is 4.42 Å². The Morgan fingerprint density at radius 2 is 1.04 bits per heavy atom. The third-order valence-corrected chi connectivity index (χ3v) is 9.88. The lowest BCUT2D eigenvalue weighted by Gasteiger charge is -2.24. The van der Waals surface area contributed by atoms with Crippen LogP contribution < -0.4 is 4.90 Å². The smallest absolute Gasteiger partial charge is 0.135 e. The molecule has 3 heterocycles. The summed E-state index contributed by atoms with van der Waals surface area (Å²) < 4.78 is 8.56. The van der Waals surface area contributed by atoms with Crippen LogP contribution in [-0.2, 0) is 13.1 Å². The highest BCUT2D eigenvalue weighted by Crippen LogP contribution is 2.40. The SMILES string of the molecule is c1ccc(N2Cc3cc(-c4ccc5oc6ccccc6c5c4)ccc3-c3cc(-n4c5ccccc5c5ccccc54)ccc3C2)cc1. The molecule has 3 nitrogen and oxygen atoms in total. The Labute approximate surface area is 272 Å². The highest BCUT2D eigenvalue weighted by atomic mass is 16.3. The Kier molecular flexibility index (Phi) is 5.70. The van der Waals surface area contributed by atoms with Crippen molar-refractivity contribution in [1.29, 1.82) is 0 Å². The highest BCUT2D eigenvalue weighted by Gasteiger charge is 2.22. The molecule has 2 aromatic heterocycles. The second kappa shape index (κ2) is 10.2. The minimum Gasteiger partial charge on any atom is -0.456 e. The first kappa shape index (κ1) is 26.2. The first-order chi connectivity index (χ1) is 23.3. The monoisotopic (exact) mass is 602 g/mol. The normalized spacial score (nSPS) is 12.9. The molecule has 47 heavy (non-hydrogen) atoms. The number of rotatable bonds is 3. The molecule has 222 valence electrons. The van der Waals surface area contributed by atoms with Crippen LogP contribution in [0, 0.1) is 0 Å². The molecule has 0 amide bonds. The van der Waals surface area contributed by atoms with E-state index in [-0.39, 0.29) is 0 Å². The zero-order valence-electron chi connectivity index (χ0n) is 25.7. The molecule has 0 N–H and O–H groups in total. The van der Waals surface area contributed by atoms with Crippen LogP contribution in [0.25, 0.3) is 71.7 Å². The molecule has 0 spiro atoms. The summed E-state index contributed by atoms with van der Waals surface area (Å²) in [4.78, 5) is 2.50. The fourth-order valence-electron chi connectivity index (χ4n) is 7.65. The van der Waals surface area contributed by atoms with E-state index in [2.05, 4.69) is 155 Å². The first-order valence-electron chi connectivity index (χ1n) is 16.2. The number of hydrogen-bond acceptors (Lipinski definition) is 2. The van der Waals surface area contributed by atoms with Gasteiger partial charge in [-0.05, 0) is 94.0 Å². The number of anilines is 1. The average Bonchev–Trinajstić information content (AvgIpc) is 3.62. The third-order valence-electron chi connectivity index (χ3n) is 9.88. The second-order valence-corrected chi connectivity index (χ2v) is 12.6. The van der Waals surface area contributed by atoms with Gasteiger partial charge in [0.1, 0.15) is 11.2 Å². The van der Waals surface area contributed by atoms with Crippen LogP contribution in [0.2, 0.25) is 0 Å². The fourth-order valence-corrected chi connectivity index (χ4v) is 7.65. The first-order valence-corrected chi connectivity index (χ1v) is 16.2. The van der Waals surface area contributed by atoms with E-state index in [1.807, 2.05) is 12.1 Å². The number of hydrogen-bond donors (Lipinski definition) is 0. The van der Waals surface area contributed by atoms with E-state index >= 15 is 0 Å². The van der Waals surface area contributed by atoms with Crippen LogP contribution in [0.4, 0.5) is 5.69 Å². The van der Waals surface area contributed by atoms with Gasteiger partial charge in [0.2, 0.25) is 0 Å². The zero-order valence-corrected chi connectivity index (χ0v) is 25.7. The van der Waals surface area contributed by atoms with Crippen molar-refractivity contribution in [2.75, 3.05) is 4.90 Å². The summed E-state index contributed by atoms with van der Waals surface area (Å²) in [7, 11) is 0. The molecule has 7 aromatic carbocycles. The van der Waals surface area contributed by atoms with E-state index in [4.69, 9.17) is 4.42 Å². The van der Waals surface area contributed by atoms with Crippen molar-refractivity contribution in [2.45, 2.75) is 13.1 Å². The standard InChI is InChI=1S/C44H30N2O/c1-2-10-33(11-3-1)45-27-31-18-21-34(46-41-15-7-4-12-36(41)37-13-5-8-16-42(37)46)26-39(31)35-22-19-29(24-32(35)28-45)30-20-23-44-40(25-30)38-14-6-9-17-43(38)47-44/h1-26H,27-28H2. The molecule has 9 aromatic rings. The van der Waals surface area contributed by atoms with Gasteiger partial charge in [-0.1, -0.05) is 97.1 Å². The Morgan fingerprint density at radius 1 is 0.404 bits per heavy atom. The Balaban J connectivity index is 1.16. The second-order valence-electron chi connectivity index (χ2n) is 12.6. The quantitative estimate of drug-likeness (QED) is 0.201. The van der Waals surface area contributed by atoms with E-state index < -0.39 is 0 Å². The molecule has 10 rings (SSSR count). The maximum Gasteiger partial charge on any atom is 0.135 e. The fraction of sp³-hybridized carbons (Fsp3) is 0.0455. The molecular weight excluding hydrogens is 572 g/mol. The number of fused-ring (bicyclic) bond motifs is 9. The molecule has 0 radical (unpaired) electrons. The Morgan fingerprint density at radius 3 is 1.85 bits per heavy atom. The van der Waals surface area contributed by atoms with Crippen molar-refractivity contribution >= 4 is 49.4 Å². The predicted octanol–water partition coefficient (Wildman–Crippen LogP) is 11.5. The number of furan rings is 1. The van der Waals surface area contributed by atoms with Crippen LogP contribution in [0.15, 0.2) is 162 Å². The molecule has 3 heteroatoms. The van der Waals surface area contributed by atoms with Crippen molar-refractivity contribution in [1.82, 2.24) is 4.57 Å². The van der Waals surface area contributed by atoms with Gasteiger partial charge in [0.15, 0.2) is 0 Å². The van der Waals surface area contributed by atoms with Crippen LogP contribution in [0.5, 0.6) is 0 Å². The van der Waals surface area contributed by atoms with E-state index in [0.717, 1.165) is 35.0 Å². The van der Waals surface area contributed by atoms with Gasteiger partial charge in [-0.2, -0.15) is 0 Å². The lowest BCUT2D eigenvalue weighted by molar-refractivity contribution is 0.669. The summed E-state index contributed by atoms with van der Waals surface area (Å²) in [5.74, 6) is 0. The summed E-state index contributed by atoms with van der Waals surface area (Å²) in [6.07, 6.45) is 0. The van der Waals surface area contributed by atoms with E-state index in [1.165, 1.54) is 66.6 Å². The molecule has 1 aliphatic rings. The molecule has 0 atom stereocenters. The van der Waals surface area contributed by atoms with Gasteiger partial charge in [0.25, 0.3) is 0 Å². The summed E-state index contributed by atoms with van der Waals surface area (Å²) in [5.41, 5.74) is 14.4. The summed E-state index contributed by atoms with van der Waals surface area (Å²) in [6, 6.07) is 57.2. The van der Waals surface area contributed by atoms with Gasteiger partial charge in [-0.25, -0.2) is 0 Å². The molecule has 0 aliphatic carbocycles. The van der Waals surface area contributed by atoms with Crippen LogP contribution >= 0.6 is 0 Å². The largest absolute Gasteiger partial charge is 0.456 e. The number of benzene rings is 7. The van der Waals surface area contributed by atoms with Crippen molar-refractivity contribution in [2.24, 2.45) is 0 Å². The Bertz CT molecular complexity index is 2590. The number of nitrogens with zero attached hydrogens (tertiary/aromatic N) is 2. The molecule has 0 fully saturated rings. The zero-order chi connectivity index (χ0) is 30.9. The van der Waals surface area contributed by atoms with Crippen molar-refractivity contribution in [3.05, 3.63) is 169 Å². The van der Waals surface area contributed by atoms with E-state index in [1.54, 1.807) is 0 Å². The van der Waals surface area contributed by atoms with Gasteiger partial charge >= 0.3 is 0 Å². The topological polar surface area (TPSA) is 21.3 Å². The summed E-state index contributed by atoms with van der Waals surface area (Å²) in [6.45, 7) is 1.66. The van der Waals surface area contributed by atoms with Gasteiger partial charge in [0, 0.05) is 46.0 Å². The van der Waals surface area contributed by atoms with Gasteiger partial charge in [-0.3, -0.25) is 0 Å². The molecular formula is C44H30N2O. The molecule has 1 aliphatic heterocycles. The van der Waals surface area contributed by atoms with Crippen LogP contribution in [0.3, 0.4) is 0 Å². The van der Waals surface area contributed by atoms with Gasteiger partial charge in [0.05, 0.1) is 11.0 Å². The van der Waals surface area contributed by atoms with E-state index in [9.17, 15) is 0 Å². The minimum absolute atomic E-state index is 0.823. The average molecular weight is 603 g/mol. The highest BCUT2D eigenvalue weighted by molar-refractivity contribution is 6.09.